The minimum Gasteiger partial charge on any atom is -0.462 e. The SMILES string of the molecule is CCOC(=O)c1ccccc1N(CCC(=O)N(CC)CC)C(C)=O. The van der Waals surface area contributed by atoms with E-state index in [-0.39, 0.29) is 31.4 Å². The Bertz CT molecular complexity index is 582. The van der Waals surface area contributed by atoms with Crippen molar-refractivity contribution in [3.05, 3.63) is 29.8 Å². The first-order valence-corrected chi connectivity index (χ1v) is 8.28. The van der Waals surface area contributed by atoms with Crippen molar-refractivity contribution in [1.82, 2.24) is 4.90 Å². The smallest absolute Gasteiger partial charge is 0.340 e. The van der Waals surface area contributed by atoms with Gasteiger partial charge in [-0.15, -0.1) is 0 Å². The number of hydrogen-bond donors (Lipinski definition) is 0. The van der Waals surface area contributed by atoms with E-state index in [9.17, 15) is 14.4 Å². The zero-order valence-electron chi connectivity index (χ0n) is 14.9. The number of nitrogens with zero attached hydrogens (tertiary/aromatic N) is 2. The molecule has 1 aromatic carbocycles. The maximum absolute atomic E-state index is 12.2. The van der Waals surface area contributed by atoms with E-state index in [1.807, 2.05) is 13.8 Å². The Labute approximate surface area is 143 Å². The number of carbonyl (C=O) groups is 3. The molecule has 0 aliphatic heterocycles. The van der Waals surface area contributed by atoms with Crippen molar-refractivity contribution in [2.75, 3.05) is 31.1 Å². The summed E-state index contributed by atoms with van der Waals surface area (Å²) >= 11 is 0. The number of para-hydroxylation sites is 1. The fraction of sp³-hybridized carbons (Fsp3) is 0.500. The fourth-order valence-electron chi connectivity index (χ4n) is 2.48. The van der Waals surface area contributed by atoms with E-state index in [0.29, 0.717) is 24.3 Å². The summed E-state index contributed by atoms with van der Waals surface area (Å²) in [4.78, 5) is 39.5. The fourth-order valence-corrected chi connectivity index (χ4v) is 2.48. The largest absolute Gasteiger partial charge is 0.462 e. The van der Waals surface area contributed by atoms with Crippen molar-refractivity contribution in [2.24, 2.45) is 0 Å². The molecule has 0 saturated carbocycles. The molecule has 0 aromatic heterocycles. The second-order valence-electron chi connectivity index (χ2n) is 5.22. The molecule has 0 saturated heterocycles. The van der Waals surface area contributed by atoms with Crippen LogP contribution < -0.4 is 4.90 Å². The van der Waals surface area contributed by atoms with E-state index < -0.39 is 5.97 Å². The summed E-state index contributed by atoms with van der Waals surface area (Å²) in [5, 5.41) is 0. The lowest BCUT2D eigenvalue weighted by atomic mass is 10.1. The maximum atomic E-state index is 12.2. The first-order chi connectivity index (χ1) is 11.5. The number of carbonyl (C=O) groups excluding carboxylic acids is 3. The standard InChI is InChI=1S/C18H26N2O4/c1-5-19(6-2)17(22)12-13-20(14(4)21)16-11-9-8-10-15(16)18(23)24-7-3/h8-11H,5-7,12-13H2,1-4H3. The summed E-state index contributed by atoms with van der Waals surface area (Å²) in [6.07, 6.45) is 0.207. The van der Waals surface area contributed by atoms with Crippen molar-refractivity contribution in [3.63, 3.8) is 0 Å². The first-order valence-electron chi connectivity index (χ1n) is 8.28. The van der Waals surface area contributed by atoms with E-state index in [0.717, 1.165) is 0 Å². The molecular formula is C18H26N2O4. The van der Waals surface area contributed by atoms with Crippen molar-refractivity contribution < 1.29 is 19.1 Å². The molecule has 0 N–H and O–H groups in total. The Hall–Kier alpha value is -2.37. The molecule has 0 unspecified atom stereocenters. The summed E-state index contributed by atoms with van der Waals surface area (Å²) in [6, 6.07) is 6.78. The lowest BCUT2D eigenvalue weighted by Crippen LogP contribution is -2.36. The molecule has 0 radical (unpaired) electrons. The van der Waals surface area contributed by atoms with Crippen molar-refractivity contribution in [1.29, 1.82) is 0 Å². The van der Waals surface area contributed by atoms with Gasteiger partial charge in [0.2, 0.25) is 11.8 Å². The molecule has 0 atom stereocenters. The molecule has 0 fully saturated rings. The van der Waals surface area contributed by atoms with Gasteiger partial charge >= 0.3 is 5.97 Å². The van der Waals surface area contributed by atoms with Gasteiger partial charge in [-0.25, -0.2) is 4.79 Å². The molecule has 24 heavy (non-hydrogen) atoms. The average Bonchev–Trinajstić information content (AvgIpc) is 2.56. The van der Waals surface area contributed by atoms with Crippen LogP contribution in [0.5, 0.6) is 0 Å². The van der Waals surface area contributed by atoms with Crippen molar-refractivity contribution in [3.8, 4) is 0 Å². The van der Waals surface area contributed by atoms with Gasteiger partial charge in [-0.2, -0.15) is 0 Å². The molecule has 1 rings (SSSR count). The monoisotopic (exact) mass is 334 g/mol. The summed E-state index contributed by atoms with van der Waals surface area (Å²) in [5.74, 6) is -0.714. The highest BCUT2D eigenvalue weighted by atomic mass is 16.5. The Morgan fingerprint density at radius 2 is 1.67 bits per heavy atom. The van der Waals surface area contributed by atoms with E-state index in [1.165, 1.54) is 11.8 Å². The highest BCUT2D eigenvalue weighted by Crippen LogP contribution is 2.22. The average molecular weight is 334 g/mol. The summed E-state index contributed by atoms with van der Waals surface area (Å²) in [7, 11) is 0. The second kappa shape index (κ2) is 9.70. The number of ether oxygens (including phenoxy) is 1. The number of anilines is 1. The first kappa shape index (κ1) is 19.7. The molecule has 6 heteroatoms. The molecule has 6 nitrogen and oxygen atoms in total. The molecule has 0 heterocycles. The van der Waals surface area contributed by atoms with Crippen LogP contribution in [0.15, 0.2) is 24.3 Å². The number of esters is 1. The van der Waals surface area contributed by atoms with Crippen LogP contribution in [0.4, 0.5) is 5.69 Å². The number of benzene rings is 1. The van der Waals surface area contributed by atoms with Crippen LogP contribution >= 0.6 is 0 Å². The minimum absolute atomic E-state index is 0.0140. The van der Waals surface area contributed by atoms with Gasteiger partial charge in [0.15, 0.2) is 0 Å². The van der Waals surface area contributed by atoms with Crippen molar-refractivity contribution in [2.45, 2.75) is 34.1 Å². The van der Waals surface area contributed by atoms with Crippen LogP contribution in [0.3, 0.4) is 0 Å². The molecule has 0 aliphatic carbocycles. The predicted octanol–water partition coefficient (Wildman–Crippen LogP) is 2.47. The van der Waals surface area contributed by atoms with Gasteiger partial charge in [-0.05, 0) is 32.9 Å². The third kappa shape index (κ3) is 5.08. The van der Waals surface area contributed by atoms with Crippen LogP contribution in [-0.4, -0.2) is 48.9 Å². The van der Waals surface area contributed by atoms with Gasteiger partial charge in [-0.1, -0.05) is 12.1 Å². The molecule has 0 bridgehead atoms. The van der Waals surface area contributed by atoms with Crippen molar-refractivity contribution >= 4 is 23.5 Å². The minimum atomic E-state index is -0.477. The number of rotatable bonds is 8. The van der Waals surface area contributed by atoms with Gasteiger partial charge in [-0.3, -0.25) is 9.59 Å². The number of amides is 2. The zero-order chi connectivity index (χ0) is 18.1. The lowest BCUT2D eigenvalue weighted by molar-refractivity contribution is -0.130. The molecule has 1 aromatic rings. The van der Waals surface area contributed by atoms with Gasteiger partial charge in [0, 0.05) is 33.0 Å². The summed E-state index contributed by atoms with van der Waals surface area (Å²) in [6.45, 7) is 8.73. The normalized spacial score (nSPS) is 10.2. The van der Waals surface area contributed by atoms with Gasteiger partial charge in [0.05, 0.1) is 17.9 Å². The molecule has 132 valence electrons. The van der Waals surface area contributed by atoms with E-state index in [2.05, 4.69) is 0 Å². The Morgan fingerprint density at radius 3 is 2.21 bits per heavy atom. The van der Waals surface area contributed by atoms with E-state index in [4.69, 9.17) is 4.74 Å². The van der Waals surface area contributed by atoms with Crippen LogP contribution in [-0.2, 0) is 14.3 Å². The van der Waals surface area contributed by atoms with E-state index in [1.54, 1.807) is 36.1 Å². The van der Waals surface area contributed by atoms with Crippen LogP contribution in [0.1, 0.15) is 44.5 Å². The van der Waals surface area contributed by atoms with Crippen LogP contribution in [0, 0.1) is 0 Å². The Morgan fingerprint density at radius 1 is 1.04 bits per heavy atom. The molecule has 0 spiro atoms. The van der Waals surface area contributed by atoms with Crippen LogP contribution in [0.25, 0.3) is 0 Å². The topological polar surface area (TPSA) is 66.9 Å². The number of hydrogen-bond acceptors (Lipinski definition) is 4. The van der Waals surface area contributed by atoms with Gasteiger partial charge in [0.1, 0.15) is 0 Å². The third-order valence-corrected chi connectivity index (χ3v) is 3.74. The Kier molecular flexibility index (Phi) is 7.95. The predicted molar refractivity (Wildman–Crippen MR) is 93.0 cm³/mol. The van der Waals surface area contributed by atoms with Gasteiger partial charge in [0.25, 0.3) is 0 Å². The van der Waals surface area contributed by atoms with Crippen LogP contribution in [0.2, 0.25) is 0 Å². The highest BCUT2D eigenvalue weighted by Gasteiger charge is 2.21. The summed E-state index contributed by atoms with van der Waals surface area (Å²) < 4.78 is 5.05. The maximum Gasteiger partial charge on any atom is 0.340 e. The zero-order valence-corrected chi connectivity index (χ0v) is 14.9. The molecular weight excluding hydrogens is 308 g/mol. The lowest BCUT2D eigenvalue weighted by Gasteiger charge is -2.25. The second-order valence-corrected chi connectivity index (χ2v) is 5.22. The molecule has 0 aliphatic rings. The van der Waals surface area contributed by atoms with E-state index >= 15 is 0 Å². The Balaban J connectivity index is 2.99. The molecule has 2 amide bonds. The summed E-state index contributed by atoms with van der Waals surface area (Å²) in [5.41, 5.74) is 0.792. The third-order valence-electron chi connectivity index (χ3n) is 3.74. The van der Waals surface area contributed by atoms with Gasteiger partial charge < -0.3 is 14.5 Å². The highest BCUT2D eigenvalue weighted by molar-refractivity contribution is 6.02. The quantitative estimate of drug-likeness (QED) is 0.685.